The molecule has 1 saturated carbocycles. The zero-order valence-corrected chi connectivity index (χ0v) is 15.4. The SMILES string of the molecule is Cc1ccc(OCC(=O)Nc2ccc(C)c(NC(=O)C3CC3)c2)c(C)c1. The van der Waals surface area contributed by atoms with Crippen LogP contribution in [0.4, 0.5) is 11.4 Å². The van der Waals surface area contributed by atoms with Crippen LogP contribution in [-0.4, -0.2) is 18.4 Å². The Morgan fingerprint density at radius 2 is 1.77 bits per heavy atom. The fourth-order valence-electron chi connectivity index (χ4n) is 2.72. The fraction of sp³-hybridized carbons (Fsp3) is 0.333. The summed E-state index contributed by atoms with van der Waals surface area (Å²) in [5.74, 6) is 0.647. The van der Waals surface area contributed by atoms with Crippen LogP contribution in [0.2, 0.25) is 0 Å². The third-order valence-corrected chi connectivity index (χ3v) is 4.42. The van der Waals surface area contributed by atoms with Crippen molar-refractivity contribution in [2.75, 3.05) is 17.2 Å². The topological polar surface area (TPSA) is 67.4 Å². The summed E-state index contributed by atoms with van der Waals surface area (Å²) < 4.78 is 5.60. The van der Waals surface area contributed by atoms with Crippen molar-refractivity contribution in [2.45, 2.75) is 33.6 Å². The standard InChI is InChI=1S/C21H24N2O3/c1-13-4-9-19(15(3)10-13)26-12-20(24)22-17-8-5-14(2)18(11-17)23-21(25)16-6-7-16/h4-5,8-11,16H,6-7,12H2,1-3H3,(H,22,24)(H,23,25). The molecule has 5 nitrogen and oxygen atoms in total. The Morgan fingerprint density at radius 3 is 2.46 bits per heavy atom. The molecule has 0 heterocycles. The maximum atomic E-state index is 12.2. The van der Waals surface area contributed by atoms with Gasteiger partial charge in [0.1, 0.15) is 5.75 Å². The molecule has 1 aliphatic carbocycles. The molecule has 0 unspecified atom stereocenters. The van der Waals surface area contributed by atoms with Gasteiger partial charge in [-0.15, -0.1) is 0 Å². The molecule has 1 fully saturated rings. The van der Waals surface area contributed by atoms with Crippen molar-refractivity contribution in [3.8, 4) is 5.75 Å². The van der Waals surface area contributed by atoms with Gasteiger partial charge in [-0.1, -0.05) is 23.8 Å². The average molecular weight is 352 g/mol. The highest BCUT2D eigenvalue weighted by atomic mass is 16.5. The van der Waals surface area contributed by atoms with Gasteiger partial charge in [-0.25, -0.2) is 0 Å². The first-order chi connectivity index (χ1) is 12.4. The Labute approximate surface area is 153 Å². The number of nitrogens with one attached hydrogen (secondary N) is 2. The quantitative estimate of drug-likeness (QED) is 0.826. The number of aryl methyl sites for hydroxylation is 3. The van der Waals surface area contributed by atoms with E-state index < -0.39 is 0 Å². The Bertz CT molecular complexity index is 841. The van der Waals surface area contributed by atoms with Gasteiger partial charge >= 0.3 is 0 Å². The van der Waals surface area contributed by atoms with Crippen molar-refractivity contribution in [2.24, 2.45) is 5.92 Å². The number of rotatable bonds is 6. The van der Waals surface area contributed by atoms with Gasteiger partial charge in [0, 0.05) is 17.3 Å². The predicted octanol–water partition coefficient (Wildman–Crippen LogP) is 3.98. The molecule has 0 aromatic heterocycles. The molecule has 3 rings (SSSR count). The first-order valence-electron chi connectivity index (χ1n) is 8.84. The largest absolute Gasteiger partial charge is 0.483 e. The van der Waals surface area contributed by atoms with Crippen LogP contribution in [0, 0.1) is 26.7 Å². The second kappa shape index (κ2) is 7.60. The third-order valence-electron chi connectivity index (χ3n) is 4.42. The van der Waals surface area contributed by atoms with Crippen LogP contribution >= 0.6 is 0 Å². The number of anilines is 2. The molecule has 0 radical (unpaired) electrons. The molecule has 136 valence electrons. The fourth-order valence-corrected chi connectivity index (χ4v) is 2.72. The van der Waals surface area contributed by atoms with Crippen LogP contribution in [0.15, 0.2) is 36.4 Å². The Kier molecular flexibility index (Phi) is 5.26. The summed E-state index contributed by atoms with van der Waals surface area (Å²) in [6.07, 6.45) is 1.91. The number of carbonyl (C=O) groups is 2. The van der Waals surface area contributed by atoms with Crippen LogP contribution in [-0.2, 0) is 9.59 Å². The lowest BCUT2D eigenvalue weighted by molar-refractivity contribution is -0.118. The molecule has 2 N–H and O–H groups in total. The van der Waals surface area contributed by atoms with Crippen molar-refractivity contribution in [3.05, 3.63) is 53.1 Å². The Balaban J connectivity index is 1.59. The average Bonchev–Trinajstić information content (AvgIpc) is 3.42. The molecule has 0 bridgehead atoms. The van der Waals surface area contributed by atoms with Gasteiger partial charge in [0.15, 0.2) is 6.61 Å². The molecule has 26 heavy (non-hydrogen) atoms. The van der Waals surface area contributed by atoms with Crippen molar-refractivity contribution >= 4 is 23.2 Å². The summed E-state index contributed by atoms with van der Waals surface area (Å²) in [4.78, 5) is 24.1. The van der Waals surface area contributed by atoms with E-state index in [0.717, 1.165) is 35.2 Å². The van der Waals surface area contributed by atoms with Gasteiger partial charge in [0.05, 0.1) is 0 Å². The van der Waals surface area contributed by atoms with Crippen molar-refractivity contribution in [3.63, 3.8) is 0 Å². The summed E-state index contributed by atoms with van der Waals surface area (Å²) in [5.41, 5.74) is 4.48. The molecular weight excluding hydrogens is 328 g/mol. The molecule has 0 saturated heterocycles. The highest BCUT2D eigenvalue weighted by molar-refractivity contribution is 5.96. The van der Waals surface area contributed by atoms with Crippen molar-refractivity contribution in [1.29, 1.82) is 0 Å². The molecule has 0 aliphatic heterocycles. The van der Waals surface area contributed by atoms with Crippen LogP contribution in [0.1, 0.15) is 29.5 Å². The van der Waals surface area contributed by atoms with Crippen molar-refractivity contribution in [1.82, 2.24) is 0 Å². The smallest absolute Gasteiger partial charge is 0.262 e. The van der Waals surface area contributed by atoms with Gasteiger partial charge in [-0.3, -0.25) is 9.59 Å². The molecule has 0 spiro atoms. The summed E-state index contributed by atoms with van der Waals surface area (Å²) >= 11 is 0. The number of carbonyl (C=O) groups excluding carboxylic acids is 2. The van der Waals surface area contributed by atoms with Gasteiger partial charge in [0.2, 0.25) is 5.91 Å². The number of hydrogen-bond donors (Lipinski definition) is 2. The van der Waals surface area contributed by atoms with Gasteiger partial charge in [0.25, 0.3) is 5.91 Å². The predicted molar refractivity (Wildman–Crippen MR) is 103 cm³/mol. The van der Waals surface area contributed by atoms with Crippen LogP contribution in [0.3, 0.4) is 0 Å². The maximum Gasteiger partial charge on any atom is 0.262 e. The lowest BCUT2D eigenvalue weighted by Gasteiger charge is -2.12. The molecule has 5 heteroatoms. The first kappa shape index (κ1) is 18.0. The van der Waals surface area contributed by atoms with E-state index in [9.17, 15) is 9.59 Å². The van der Waals surface area contributed by atoms with E-state index in [0.29, 0.717) is 11.4 Å². The molecule has 2 amide bonds. The van der Waals surface area contributed by atoms with Crippen LogP contribution in [0.5, 0.6) is 5.75 Å². The minimum Gasteiger partial charge on any atom is -0.483 e. The van der Waals surface area contributed by atoms with E-state index in [-0.39, 0.29) is 24.3 Å². The number of hydrogen-bond acceptors (Lipinski definition) is 3. The van der Waals surface area contributed by atoms with E-state index in [1.807, 2.05) is 51.1 Å². The van der Waals surface area contributed by atoms with E-state index >= 15 is 0 Å². The van der Waals surface area contributed by atoms with E-state index in [1.54, 1.807) is 6.07 Å². The lowest BCUT2D eigenvalue weighted by Crippen LogP contribution is -2.21. The van der Waals surface area contributed by atoms with E-state index in [2.05, 4.69) is 10.6 Å². The lowest BCUT2D eigenvalue weighted by atomic mass is 10.1. The second-order valence-electron chi connectivity index (χ2n) is 6.90. The normalized spacial score (nSPS) is 13.2. The van der Waals surface area contributed by atoms with Gasteiger partial charge in [-0.2, -0.15) is 0 Å². The Hall–Kier alpha value is -2.82. The Morgan fingerprint density at radius 1 is 1.00 bits per heavy atom. The number of amides is 2. The minimum atomic E-state index is -0.242. The zero-order valence-electron chi connectivity index (χ0n) is 15.4. The summed E-state index contributed by atoms with van der Waals surface area (Å²) in [7, 11) is 0. The molecule has 0 atom stereocenters. The van der Waals surface area contributed by atoms with E-state index in [1.165, 1.54) is 0 Å². The second-order valence-corrected chi connectivity index (χ2v) is 6.90. The highest BCUT2D eigenvalue weighted by Crippen LogP contribution is 2.31. The van der Waals surface area contributed by atoms with Crippen molar-refractivity contribution < 1.29 is 14.3 Å². The maximum absolute atomic E-state index is 12.2. The van der Waals surface area contributed by atoms with Gasteiger partial charge in [-0.05, 0) is 62.9 Å². The zero-order chi connectivity index (χ0) is 18.7. The molecule has 2 aromatic carbocycles. The first-order valence-corrected chi connectivity index (χ1v) is 8.84. The summed E-state index contributed by atoms with van der Waals surface area (Å²) in [6, 6.07) is 11.3. The molecule has 2 aromatic rings. The monoisotopic (exact) mass is 352 g/mol. The molecular formula is C21H24N2O3. The highest BCUT2D eigenvalue weighted by Gasteiger charge is 2.29. The van der Waals surface area contributed by atoms with Crippen LogP contribution in [0.25, 0.3) is 0 Å². The summed E-state index contributed by atoms with van der Waals surface area (Å²) in [6.45, 7) is 5.83. The number of benzene rings is 2. The summed E-state index contributed by atoms with van der Waals surface area (Å²) in [5, 5.41) is 5.75. The van der Waals surface area contributed by atoms with Gasteiger partial charge < -0.3 is 15.4 Å². The van der Waals surface area contributed by atoms with Crippen LogP contribution < -0.4 is 15.4 Å². The third kappa shape index (κ3) is 4.63. The minimum absolute atomic E-state index is 0.0507. The number of ether oxygens (including phenoxy) is 1. The molecule has 1 aliphatic rings. The van der Waals surface area contributed by atoms with E-state index in [4.69, 9.17) is 4.74 Å².